The maximum absolute atomic E-state index is 12.2. The molecule has 1 aromatic carbocycles. The molecule has 0 saturated heterocycles. The molecule has 2 heterocycles. The molecule has 0 aliphatic carbocycles. The number of pyridine rings is 1. The van der Waals surface area contributed by atoms with Gasteiger partial charge in [0.2, 0.25) is 0 Å². The van der Waals surface area contributed by atoms with Crippen molar-refractivity contribution in [2.24, 2.45) is 7.05 Å². The lowest BCUT2D eigenvalue weighted by Gasteiger charge is -2.07. The fraction of sp³-hybridized carbons (Fsp3) is 0.143. The first-order valence-corrected chi connectivity index (χ1v) is 5.98. The number of alkyl halides is 2. The number of fused-ring (bicyclic) bond motifs is 1. The van der Waals surface area contributed by atoms with Crippen LogP contribution in [-0.2, 0) is 7.05 Å². The molecule has 6 heteroatoms. The van der Waals surface area contributed by atoms with Gasteiger partial charge in [0.25, 0.3) is 0 Å². The second kappa shape index (κ2) is 4.88. The second-order valence-corrected chi connectivity index (χ2v) is 4.25. The molecule has 0 atom stereocenters. The highest BCUT2D eigenvalue weighted by Crippen LogP contribution is 2.26. The third kappa shape index (κ3) is 2.20. The lowest BCUT2D eigenvalue weighted by Crippen LogP contribution is -2.02. The molecule has 0 amide bonds. The molecule has 0 saturated carbocycles. The topological polar surface area (TPSA) is 39.9 Å². The molecule has 0 aliphatic rings. The highest BCUT2D eigenvalue weighted by molar-refractivity contribution is 5.77. The molecule has 0 spiro atoms. The molecule has 20 heavy (non-hydrogen) atoms. The maximum atomic E-state index is 12.2. The van der Waals surface area contributed by atoms with Gasteiger partial charge in [-0.2, -0.15) is 8.78 Å². The second-order valence-electron chi connectivity index (χ2n) is 4.25. The molecule has 4 nitrogen and oxygen atoms in total. The molecular formula is C14H11F2N3O. The van der Waals surface area contributed by atoms with Crippen molar-refractivity contribution in [3.8, 4) is 17.1 Å². The number of imidazole rings is 1. The van der Waals surface area contributed by atoms with Gasteiger partial charge in [0.1, 0.15) is 11.6 Å². The van der Waals surface area contributed by atoms with E-state index in [4.69, 9.17) is 0 Å². The predicted octanol–water partition coefficient (Wildman–Crippen LogP) is 3.24. The minimum Gasteiger partial charge on any atom is -0.435 e. The van der Waals surface area contributed by atoms with Crippen molar-refractivity contribution in [2.45, 2.75) is 6.61 Å². The van der Waals surface area contributed by atoms with E-state index >= 15 is 0 Å². The van der Waals surface area contributed by atoms with E-state index in [1.807, 2.05) is 23.7 Å². The molecule has 0 aliphatic heterocycles. The van der Waals surface area contributed by atoms with E-state index in [9.17, 15) is 8.78 Å². The van der Waals surface area contributed by atoms with Gasteiger partial charge >= 0.3 is 6.61 Å². The zero-order chi connectivity index (χ0) is 14.1. The van der Waals surface area contributed by atoms with E-state index in [0.29, 0.717) is 17.0 Å². The first-order chi connectivity index (χ1) is 9.65. The Morgan fingerprint density at radius 2 is 2.05 bits per heavy atom. The van der Waals surface area contributed by atoms with Gasteiger partial charge in [0, 0.05) is 18.8 Å². The van der Waals surface area contributed by atoms with Gasteiger partial charge in [0.05, 0.1) is 5.52 Å². The summed E-state index contributed by atoms with van der Waals surface area (Å²) in [6.07, 6.45) is 1.66. The molecule has 0 bridgehead atoms. The molecule has 0 fully saturated rings. The van der Waals surface area contributed by atoms with Crippen molar-refractivity contribution in [2.75, 3.05) is 0 Å². The van der Waals surface area contributed by atoms with Crippen molar-refractivity contribution in [1.82, 2.24) is 14.5 Å². The van der Waals surface area contributed by atoms with Crippen molar-refractivity contribution in [1.29, 1.82) is 0 Å². The lowest BCUT2D eigenvalue weighted by molar-refractivity contribution is -0.0498. The lowest BCUT2D eigenvalue weighted by atomic mass is 10.2. The molecule has 0 unspecified atom stereocenters. The zero-order valence-electron chi connectivity index (χ0n) is 10.6. The van der Waals surface area contributed by atoms with E-state index in [-0.39, 0.29) is 5.75 Å². The Morgan fingerprint density at radius 1 is 1.20 bits per heavy atom. The SMILES string of the molecule is Cn1c(-c2cccc(OC(F)F)c2)nc2ncccc21. The summed E-state index contributed by atoms with van der Waals surface area (Å²) in [5.74, 6) is 0.760. The first-order valence-electron chi connectivity index (χ1n) is 5.98. The third-order valence-corrected chi connectivity index (χ3v) is 2.97. The standard InChI is InChI=1S/C14H11F2N3O/c1-19-11-6-3-7-17-12(11)18-13(19)9-4-2-5-10(8-9)20-14(15)16/h2-8,14H,1H3. The van der Waals surface area contributed by atoms with Crippen LogP contribution in [0.5, 0.6) is 5.75 Å². The summed E-state index contributed by atoms with van der Waals surface area (Å²) in [4.78, 5) is 8.59. The summed E-state index contributed by atoms with van der Waals surface area (Å²) < 4.78 is 30.8. The molecule has 0 radical (unpaired) electrons. The van der Waals surface area contributed by atoms with Crippen LogP contribution in [0.1, 0.15) is 0 Å². The number of aryl methyl sites for hydroxylation is 1. The molecular weight excluding hydrogens is 264 g/mol. The van der Waals surface area contributed by atoms with E-state index in [1.54, 1.807) is 18.3 Å². The Kier molecular flexibility index (Phi) is 3.06. The monoisotopic (exact) mass is 275 g/mol. The average molecular weight is 275 g/mol. The highest BCUT2D eigenvalue weighted by Gasteiger charge is 2.12. The van der Waals surface area contributed by atoms with Crippen LogP contribution >= 0.6 is 0 Å². The Labute approximate surface area is 113 Å². The van der Waals surface area contributed by atoms with Crippen molar-refractivity contribution in [3.05, 3.63) is 42.6 Å². The minimum atomic E-state index is -2.84. The minimum absolute atomic E-state index is 0.109. The number of hydrogen-bond donors (Lipinski definition) is 0. The smallest absolute Gasteiger partial charge is 0.387 e. The normalized spacial score (nSPS) is 11.2. The first kappa shape index (κ1) is 12.5. The molecule has 102 valence electrons. The highest BCUT2D eigenvalue weighted by atomic mass is 19.3. The van der Waals surface area contributed by atoms with Gasteiger partial charge in [-0.15, -0.1) is 0 Å². The fourth-order valence-corrected chi connectivity index (χ4v) is 2.10. The van der Waals surface area contributed by atoms with Gasteiger partial charge in [-0.1, -0.05) is 12.1 Å². The summed E-state index contributed by atoms with van der Waals surface area (Å²) >= 11 is 0. The van der Waals surface area contributed by atoms with E-state index < -0.39 is 6.61 Å². The van der Waals surface area contributed by atoms with Crippen LogP contribution in [0.25, 0.3) is 22.6 Å². The van der Waals surface area contributed by atoms with Crippen molar-refractivity contribution in [3.63, 3.8) is 0 Å². The predicted molar refractivity (Wildman–Crippen MR) is 70.6 cm³/mol. The Morgan fingerprint density at radius 3 is 2.80 bits per heavy atom. The van der Waals surface area contributed by atoms with E-state index in [2.05, 4.69) is 14.7 Å². The number of ether oxygens (including phenoxy) is 1. The Hall–Kier alpha value is -2.50. The molecule has 2 aromatic heterocycles. The molecule has 3 rings (SSSR count). The number of nitrogens with zero attached hydrogens (tertiary/aromatic N) is 3. The third-order valence-electron chi connectivity index (χ3n) is 2.97. The Bertz CT molecular complexity index is 755. The van der Waals surface area contributed by atoms with Gasteiger partial charge in [-0.05, 0) is 24.3 Å². The maximum Gasteiger partial charge on any atom is 0.387 e. The van der Waals surface area contributed by atoms with Crippen LogP contribution in [0.4, 0.5) is 8.78 Å². The van der Waals surface area contributed by atoms with Crippen LogP contribution in [0, 0.1) is 0 Å². The number of rotatable bonds is 3. The fourth-order valence-electron chi connectivity index (χ4n) is 2.10. The van der Waals surface area contributed by atoms with Crippen molar-refractivity contribution < 1.29 is 13.5 Å². The average Bonchev–Trinajstić information content (AvgIpc) is 2.76. The number of aromatic nitrogens is 3. The largest absolute Gasteiger partial charge is 0.435 e. The molecule has 0 N–H and O–H groups in total. The van der Waals surface area contributed by atoms with Gasteiger partial charge in [0.15, 0.2) is 5.65 Å². The van der Waals surface area contributed by atoms with Gasteiger partial charge in [-0.25, -0.2) is 9.97 Å². The summed E-state index contributed by atoms with van der Waals surface area (Å²) in [5, 5.41) is 0. The summed E-state index contributed by atoms with van der Waals surface area (Å²) in [7, 11) is 1.85. The number of hydrogen-bond acceptors (Lipinski definition) is 3. The van der Waals surface area contributed by atoms with E-state index in [0.717, 1.165) is 5.52 Å². The van der Waals surface area contributed by atoms with Crippen LogP contribution in [-0.4, -0.2) is 21.1 Å². The van der Waals surface area contributed by atoms with Crippen LogP contribution in [0.2, 0.25) is 0 Å². The Balaban J connectivity index is 2.08. The van der Waals surface area contributed by atoms with Crippen molar-refractivity contribution >= 4 is 11.2 Å². The summed E-state index contributed by atoms with van der Waals surface area (Å²) in [6.45, 7) is -2.84. The summed E-state index contributed by atoms with van der Waals surface area (Å²) in [6, 6.07) is 10.2. The number of halogens is 2. The molecule has 3 aromatic rings. The zero-order valence-corrected chi connectivity index (χ0v) is 10.6. The van der Waals surface area contributed by atoms with Crippen LogP contribution in [0.15, 0.2) is 42.6 Å². The quantitative estimate of drug-likeness (QED) is 0.736. The van der Waals surface area contributed by atoms with Gasteiger partial charge in [-0.3, -0.25) is 0 Å². The van der Waals surface area contributed by atoms with Crippen LogP contribution < -0.4 is 4.74 Å². The van der Waals surface area contributed by atoms with E-state index in [1.165, 1.54) is 12.1 Å². The van der Waals surface area contributed by atoms with Crippen LogP contribution in [0.3, 0.4) is 0 Å². The summed E-state index contributed by atoms with van der Waals surface area (Å²) in [5.41, 5.74) is 2.19. The number of benzene rings is 1. The van der Waals surface area contributed by atoms with Gasteiger partial charge < -0.3 is 9.30 Å².